The Kier molecular flexibility index (Phi) is 7.32. The zero-order chi connectivity index (χ0) is 15.8. The number of nitrogens with zero attached hydrogens (tertiary/aromatic N) is 1. The molecule has 118 valence electrons. The molecular weight excluding hydrogens is 268 g/mol. The molecule has 0 aliphatic rings. The first-order chi connectivity index (χ1) is 9.91. The van der Waals surface area contributed by atoms with Crippen LogP contribution in [0, 0.1) is 17.0 Å². The zero-order valence-corrected chi connectivity index (χ0v) is 13.4. The van der Waals surface area contributed by atoms with Crippen molar-refractivity contribution in [2.45, 2.75) is 52.7 Å². The molecule has 0 aromatic heterocycles. The van der Waals surface area contributed by atoms with Gasteiger partial charge in [0, 0.05) is 24.3 Å². The topological polar surface area (TPSA) is 64.4 Å². The lowest BCUT2D eigenvalue weighted by Crippen LogP contribution is -2.20. The number of nitro benzene ring substituents is 1. The summed E-state index contributed by atoms with van der Waals surface area (Å²) in [6.07, 6.45) is 2.33. The van der Waals surface area contributed by atoms with Gasteiger partial charge in [-0.25, -0.2) is 0 Å². The fourth-order valence-electron chi connectivity index (χ4n) is 2.07. The molecule has 0 heterocycles. The van der Waals surface area contributed by atoms with Gasteiger partial charge in [0.05, 0.1) is 11.0 Å². The number of nitro groups is 1. The summed E-state index contributed by atoms with van der Waals surface area (Å²) < 4.78 is 5.49. The first-order valence-electron chi connectivity index (χ1n) is 7.51. The number of rotatable bonds is 9. The maximum absolute atomic E-state index is 11.0. The summed E-state index contributed by atoms with van der Waals surface area (Å²) in [4.78, 5) is 10.6. The van der Waals surface area contributed by atoms with Crippen LogP contribution in [0.1, 0.15) is 50.8 Å². The summed E-state index contributed by atoms with van der Waals surface area (Å²) in [5, 5.41) is 14.3. The van der Waals surface area contributed by atoms with Gasteiger partial charge in [-0.1, -0.05) is 12.1 Å². The molecule has 1 aromatic carbocycles. The van der Waals surface area contributed by atoms with Crippen LogP contribution in [0.25, 0.3) is 0 Å². The number of hydrogen-bond donors (Lipinski definition) is 1. The third kappa shape index (κ3) is 6.23. The molecule has 21 heavy (non-hydrogen) atoms. The van der Waals surface area contributed by atoms with E-state index >= 15 is 0 Å². The molecule has 1 N–H and O–H groups in total. The molecule has 0 saturated carbocycles. The van der Waals surface area contributed by atoms with Crippen LogP contribution in [0.4, 0.5) is 5.69 Å². The molecule has 5 nitrogen and oxygen atoms in total. The lowest BCUT2D eigenvalue weighted by atomic mass is 10.0. The molecule has 1 atom stereocenters. The number of ether oxygens (including phenoxy) is 1. The highest BCUT2D eigenvalue weighted by atomic mass is 16.6. The van der Waals surface area contributed by atoms with E-state index in [1.165, 1.54) is 0 Å². The minimum atomic E-state index is -0.325. The molecule has 0 saturated heterocycles. The van der Waals surface area contributed by atoms with Gasteiger partial charge in [0.15, 0.2) is 0 Å². The Labute approximate surface area is 126 Å². The van der Waals surface area contributed by atoms with E-state index < -0.39 is 0 Å². The summed E-state index contributed by atoms with van der Waals surface area (Å²) in [6.45, 7) is 9.51. The summed E-state index contributed by atoms with van der Waals surface area (Å²) in [5.74, 6) is 0. The summed E-state index contributed by atoms with van der Waals surface area (Å²) in [5.41, 5.74) is 1.83. The molecular formula is C16H26N2O3. The SMILES string of the molecule is Cc1ccc(C(C)NCCCCOC(C)C)cc1[N+](=O)[O-]. The minimum absolute atomic E-state index is 0.107. The lowest BCUT2D eigenvalue weighted by Gasteiger charge is -2.15. The summed E-state index contributed by atoms with van der Waals surface area (Å²) in [6, 6.07) is 5.52. The Bertz CT molecular complexity index is 461. The number of hydrogen-bond acceptors (Lipinski definition) is 4. The van der Waals surface area contributed by atoms with Gasteiger partial charge in [-0.05, 0) is 52.6 Å². The van der Waals surface area contributed by atoms with Crippen LogP contribution >= 0.6 is 0 Å². The number of nitrogens with one attached hydrogen (secondary N) is 1. The fraction of sp³-hybridized carbons (Fsp3) is 0.625. The largest absolute Gasteiger partial charge is 0.379 e. The third-order valence-electron chi connectivity index (χ3n) is 3.40. The van der Waals surface area contributed by atoms with Gasteiger partial charge in [-0.3, -0.25) is 10.1 Å². The minimum Gasteiger partial charge on any atom is -0.379 e. The van der Waals surface area contributed by atoms with Gasteiger partial charge in [0.25, 0.3) is 5.69 Å². The number of aryl methyl sites for hydroxylation is 1. The van der Waals surface area contributed by atoms with Gasteiger partial charge in [0.1, 0.15) is 0 Å². The highest BCUT2D eigenvalue weighted by molar-refractivity contribution is 5.43. The van der Waals surface area contributed by atoms with Crippen LogP contribution in [-0.2, 0) is 4.74 Å². The second-order valence-corrected chi connectivity index (χ2v) is 5.61. The van der Waals surface area contributed by atoms with E-state index in [2.05, 4.69) is 5.32 Å². The van der Waals surface area contributed by atoms with Crippen molar-refractivity contribution >= 4 is 5.69 Å². The smallest absolute Gasteiger partial charge is 0.272 e. The van der Waals surface area contributed by atoms with E-state index in [1.807, 2.05) is 32.9 Å². The van der Waals surface area contributed by atoms with Crippen molar-refractivity contribution in [2.24, 2.45) is 0 Å². The molecule has 0 bridgehead atoms. The highest BCUT2D eigenvalue weighted by Gasteiger charge is 2.13. The van der Waals surface area contributed by atoms with Gasteiger partial charge >= 0.3 is 0 Å². The summed E-state index contributed by atoms with van der Waals surface area (Å²) in [7, 11) is 0. The third-order valence-corrected chi connectivity index (χ3v) is 3.40. The number of benzene rings is 1. The van der Waals surface area contributed by atoms with Crippen LogP contribution < -0.4 is 5.32 Å². The van der Waals surface area contributed by atoms with Crippen molar-refractivity contribution in [2.75, 3.05) is 13.2 Å². The molecule has 0 aliphatic carbocycles. The molecule has 5 heteroatoms. The van der Waals surface area contributed by atoms with Gasteiger partial charge in [0.2, 0.25) is 0 Å². The quantitative estimate of drug-likeness (QED) is 0.428. The van der Waals surface area contributed by atoms with Crippen LogP contribution in [0.5, 0.6) is 0 Å². The highest BCUT2D eigenvalue weighted by Crippen LogP contribution is 2.23. The van der Waals surface area contributed by atoms with E-state index in [0.717, 1.165) is 31.6 Å². The second-order valence-electron chi connectivity index (χ2n) is 5.61. The van der Waals surface area contributed by atoms with Crippen molar-refractivity contribution < 1.29 is 9.66 Å². The first-order valence-corrected chi connectivity index (χ1v) is 7.51. The molecule has 0 amide bonds. The normalized spacial score (nSPS) is 12.6. The maximum atomic E-state index is 11.0. The van der Waals surface area contributed by atoms with Gasteiger partial charge < -0.3 is 10.1 Å². The van der Waals surface area contributed by atoms with Crippen molar-refractivity contribution in [3.05, 3.63) is 39.4 Å². The van der Waals surface area contributed by atoms with Crippen LogP contribution in [0.2, 0.25) is 0 Å². The molecule has 0 aliphatic heterocycles. The second kappa shape index (κ2) is 8.74. The molecule has 1 unspecified atom stereocenters. The standard InChI is InChI=1S/C16H26N2O3/c1-12(2)21-10-6-5-9-17-14(4)15-8-7-13(3)16(11-15)18(19)20/h7-8,11-12,14,17H,5-6,9-10H2,1-4H3. The Hall–Kier alpha value is -1.46. The molecule has 1 aromatic rings. The van der Waals surface area contributed by atoms with Crippen LogP contribution in [-0.4, -0.2) is 24.2 Å². The van der Waals surface area contributed by atoms with Crippen LogP contribution in [0.15, 0.2) is 18.2 Å². The lowest BCUT2D eigenvalue weighted by molar-refractivity contribution is -0.385. The van der Waals surface area contributed by atoms with E-state index in [-0.39, 0.29) is 22.8 Å². The number of unbranched alkanes of at least 4 members (excludes halogenated alkanes) is 1. The predicted octanol–water partition coefficient (Wildman–Crippen LogP) is 3.76. The summed E-state index contributed by atoms with van der Waals surface area (Å²) >= 11 is 0. The molecule has 1 rings (SSSR count). The van der Waals surface area contributed by atoms with Gasteiger partial charge in [-0.2, -0.15) is 0 Å². The van der Waals surface area contributed by atoms with Crippen LogP contribution in [0.3, 0.4) is 0 Å². The Balaban J connectivity index is 2.40. The van der Waals surface area contributed by atoms with Crippen molar-refractivity contribution in [1.82, 2.24) is 5.32 Å². The van der Waals surface area contributed by atoms with Gasteiger partial charge in [-0.15, -0.1) is 0 Å². The fourth-order valence-corrected chi connectivity index (χ4v) is 2.07. The average molecular weight is 294 g/mol. The van der Waals surface area contributed by atoms with E-state index in [0.29, 0.717) is 5.56 Å². The Morgan fingerprint density at radius 2 is 2.00 bits per heavy atom. The average Bonchev–Trinajstić information content (AvgIpc) is 2.42. The molecule has 0 spiro atoms. The monoisotopic (exact) mass is 294 g/mol. The first kappa shape index (κ1) is 17.6. The van der Waals surface area contributed by atoms with E-state index in [1.54, 1.807) is 13.0 Å². The van der Waals surface area contributed by atoms with E-state index in [9.17, 15) is 10.1 Å². The maximum Gasteiger partial charge on any atom is 0.272 e. The predicted molar refractivity (Wildman–Crippen MR) is 84.6 cm³/mol. The Morgan fingerprint density at radius 3 is 2.62 bits per heavy atom. The zero-order valence-electron chi connectivity index (χ0n) is 13.4. The van der Waals surface area contributed by atoms with Crippen molar-refractivity contribution in [1.29, 1.82) is 0 Å². The van der Waals surface area contributed by atoms with E-state index in [4.69, 9.17) is 4.74 Å². The molecule has 0 radical (unpaired) electrons. The Morgan fingerprint density at radius 1 is 1.29 bits per heavy atom. The van der Waals surface area contributed by atoms with Crippen molar-refractivity contribution in [3.63, 3.8) is 0 Å². The molecule has 0 fully saturated rings. The van der Waals surface area contributed by atoms with Crippen molar-refractivity contribution in [3.8, 4) is 0 Å².